The zero-order valence-electron chi connectivity index (χ0n) is 9.36. The van der Waals surface area contributed by atoms with Gasteiger partial charge in [-0.1, -0.05) is 17.9 Å². The van der Waals surface area contributed by atoms with Crippen LogP contribution in [0.2, 0.25) is 0 Å². The predicted molar refractivity (Wildman–Crippen MR) is 65.6 cm³/mol. The lowest BCUT2D eigenvalue weighted by atomic mass is 10.2. The standard InChI is InChI=1S/C13H14N2O2/c16-8-2-4-10-3-1-5-12(9-10)15-13(17)14-11-6-7-11/h1,3,5,9,11,16H,6-8H2,(H2,14,15,17). The summed E-state index contributed by atoms with van der Waals surface area (Å²) in [6.07, 6.45) is 2.13. The van der Waals surface area contributed by atoms with Gasteiger partial charge in [-0.15, -0.1) is 0 Å². The summed E-state index contributed by atoms with van der Waals surface area (Å²) in [5.41, 5.74) is 1.47. The van der Waals surface area contributed by atoms with E-state index in [4.69, 9.17) is 5.11 Å². The molecule has 0 bridgehead atoms. The largest absolute Gasteiger partial charge is 0.384 e. The van der Waals surface area contributed by atoms with Crippen LogP contribution in [-0.4, -0.2) is 23.8 Å². The molecule has 0 unspecified atom stereocenters. The molecule has 4 nitrogen and oxygen atoms in total. The molecule has 0 saturated heterocycles. The van der Waals surface area contributed by atoms with Crippen LogP contribution in [0.1, 0.15) is 18.4 Å². The van der Waals surface area contributed by atoms with Gasteiger partial charge < -0.3 is 15.7 Å². The van der Waals surface area contributed by atoms with E-state index in [9.17, 15) is 4.79 Å². The molecular weight excluding hydrogens is 216 g/mol. The normalized spacial score (nSPS) is 13.5. The molecule has 1 aliphatic rings. The second-order valence-corrected chi connectivity index (χ2v) is 3.91. The third-order valence-electron chi connectivity index (χ3n) is 2.34. The van der Waals surface area contributed by atoms with E-state index in [1.807, 2.05) is 12.1 Å². The van der Waals surface area contributed by atoms with Crippen LogP contribution in [0.4, 0.5) is 10.5 Å². The predicted octanol–water partition coefficient (Wildman–Crippen LogP) is 1.31. The van der Waals surface area contributed by atoms with E-state index in [-0.39, 0.29) is 12.6 Å². The van der Waals surface area contributed by atoms with Gasteiger partial charge in [0, 0.05) is 17.3 Å². The number of urea groups is 1. The smallest absolute Gasteiger partial charge is 0.319 e. The van der Waals surface area contributed by atoms with Gasteiger partial charge >= 0.3 is 6.03 Å². The van der Waals surface area contributed by atoms with Crippen molar-refractivity contribution in [3.8, 4) is 11.8 Å². The van der Waals surface area contributed by atoms with Gasteiger partial charge in [0.15, 0.2) is 0 Å². The molecule has 2 rings (SSSR count). The molecular formula is C13H14N2O2. The molecule has 4 heteroatoms. The quantitative estimate of drug-likeness (QED) is 0.671. The third kappa shape index (κ3) is 3.82. The molecule has 0 atom stereocenters. The van der Waals surface area contributed by atoms with Crippen molar-refractivity contribution in [3.05, 3.63) is 29.8 Å². The first-order valence-electron chi connectivity index (χ1n) is 5.55. The Morgan fingerprint density at radius 2 is 2.29 bits per heavy atom. The summed E-state index contributed by atoms with van der Waals surface area (Å²) in [5, 5.41) is 14.2. The molecule has 1 saturated carbocycles. The lowest BCUT2D eigenvalue weighted by Crippen LogP contribution is -2.30. The van der Waals surface area contributed by atoms with Gasteiger partial charge in [0.2, 0.25) is 0 Å². The van der Waals surface area contributed by atoms with Crippen molar-refractivity contribution >= 4 is 11.7 Å². The van der Waals surface area contributed by atoms with Crippen LogP contribution in [0, 0.1) is 11.8 Å². The van der Waals surface area contributed by atoms with E-state index in [2.05, 4.69) is 22.5 Å². The maximum atomic E-state index is 11.5. The maximum absolute atomic E-state index is 11.5. The first-order chi connectivity index (χ1) is 8.28. The van der Waals surface area contributed by atoms with Crippen LogP contribution in [-0.2, 0) is 0 Å². The SMILES string of the molecule is O=C(Nc1cccc(C#CCO)c1)NC1CC1. The fraction of sp³-hybridized carbons (Fsp3) is 0.308. The highest BCUT2D eigenvalue weighted by Crippen LogP contribution is 2.19. The lowest BCUT2D eigenvalue weighted by molar-refractivity contribution is 0.251. The lowest BCUT2D eigenvalue weighted by Gasteiger charge is -2.06. The molecule has 0 heterocycles. The summed E-state index contributed by atoms with van der Waals surface area (Å²) in [7, 11) is 0. The van der Waals surface area contributed by atoms with Crippen molar-refractivity contribution in [2.45, 2.75) is 18.9 Å². The fourth-order valence-electron chi connectivity index (χ4n) is 1.40. The van der Waals surface area contributed by atoms with Crippen molar-refractivity contribution in [1.29, 1.82) is 0 Å². The number of carbonyl (C=O) groups excluding carboxylic acids is 1. The van der Waals surface area contributed by atoms with Gasteiger partial charge in [-0.2, -0.15) is 0 Å². The molecule has 1 fully saturated rings. The first kappa shape index (κ1) is 11.5. The van der Waals surface area contributed by atoms with Crippen molar-refractivity contribution < 1.29 is 9.90 Å². The Kier molecular flexibility index (Phi) is 3.63. The summed E-state index contributed by atoms with van der Waals surface area (Å²) in [5.74, 6) is 5.35. The zero-order valence-corrected chi connectivity index (χ0v) is 9.36. The van der Waals surface area contributed by atoms with Crippen LogP contribution in [0.5, 0.6) is 0 Å². The number of carbonyl (C=O) groups is 1. The molecule has 0 spiro atoms. The minimum absolute atomic E-state index is 0.167. The van der Waals surface area contributed by atoms with Crippen molar-refractivity contribution in [3.63, 3.8) is 0 Å². The zero-order chi connectivity index (χ0) is 12.1. The molecule has 1 aromatic rings. The average Bonchev–Trinajstić information content (AvgIpc) is 3.10. The monoisotopic (exact) mass is 230 g/mol. The van der Waals surface area contributed by atoms with E-state index in [0.717, 1.165) is 18.4 Å². The highest BCUT2D eigenvalue weighted by Gasteiger charge is 2.23. The maximum Gasteiger partial charge on any atom is 0.319 e. The second-order valence-electron chi connectivity index (χ2n) is 3.91. The molecule has 0 aliphatic heterocycles. The number of aliphatic hydroxyl groups is 1. The number of hydrogen-bond acceptors (Lipinski definition) is 2. The second kappa shape index (κ2) is 5.37. The van der Waals surface area contributed by atoms with Gasteiger partial charge in [0.25, 0.3) is 0 Å². The van der Waals surface area contributed by atoms with E-state index >= 15 is 0 Å². The van der Waals surface area contributed by atoms with Gasteiger partial charge in [-0.05, 0) is 31.0 Å². The molecule has 0 radical (unpaired) electrons. The van der Waals surface area contributed by atoms with E-state index in [1.165, 1.54) is 0 Å². The number of benzene rings is 1. The highest BCUT2D eigenvalue weighted by molar-refractivity contribution is 5.89. The van der Waals surface area contributed by atoms with Crippen molar-refractivity contribution in [1.82, 2.24) is 5.32 Å². The van der Waals surface area contributed by atoms with Crippen LogP contribution in [0.15, 0.2) is 24.3 Å². The fourth-order valence-corrected chi connectivity index (χ4v) is 1.40. The number of anilines is 1. The molecule has 3 N–H and O–H groups in total. The summed E-state index contributed by atoms with van der Waals surface area (Å²) in [4.78, 5) is 11.5. The Morgan fingerprint density at radius 1 is 1.47 bits per heavy atom. The summed E-state index contributed by atoms with van der Waals surface area (Å²) in [6.45, 7) is -0.167. The molecule has 2 amide bonds. The Bertz CT molecular complexity index is 470. The number of nitrogens with one attached hydrogen (secondary N) is 2. The molecule has 17 heavy (non-hydrogen) atoms. The Hall–Kier alpha value is -1.99. The first-order valence-corrected chi connectivity index (χ1v) is 5.55. The summed E-state index contributed by atoms with van der Waals surface area (Å²) in [6, 6.07) is 7.37. The van der Waals surface area contributed by atoms with E-state index in [1.54, 1.807) is 12.1 Å². The highest BCUT2D eigenvalue weighted by atomic mass is 16.2. The Labute approximate surface area is 100 Å². The van der Waals surface area contributed by atoms with Crippen LogP contribution >= 0.6 is 0 Å². The molecule has 1 aliphatic carbocycles. The van der Waals surface area contributed by atoms with Gasteiger partial charge in [-0.3, -0.25) is 0 Å². The number of amides is 2. The van der Waals surface area contributed by atoms with Crippen LogP contribution in [0.25, 0.3) is 0 Å². The molecule has 0 aromatic heterocycles. The van der Waals surface area contributed by atoms with E-state index < -0.39 is 0 Å². The van der Waals surface area contributed by atoms with E-state index in [0.29, 0.717) is 11.7 Å². The third-order valence-corrected chi connectivity index (χ3v) is 2.34. The topological polar surface area (TPSA) is 61.4 Å². The van der Waals surface area contributed by atoms with Crippen molar-refractivity contribution in [2.75, 3.05) is 11.9 Å². The summed E-state index contributed by atoms with van der Waals surface area (Å²) >= 11 is 0. The Morgan fingerprint density at radius 3 is 3.00 bits per heavy atom. The molecule has 1 aromatic carbocycles. The van der Waals surface area contributed by atoms with Crippen LogP contribution < -0.4 is 10.6 Å². The number of rotatable bonds is 2. The summed E-state index contributed by atoms with van der Waals surface area (Å²) < 4.78 is 0. The number of hydrogen-bond donors (Lipinski definition) is 3. The number of aliphatic hydroxyl groups excluding tert-OH is 1. The average molecular weight is 230 g/mol. The minimum Gasteiger partial charge on any atom is -0.384 e. The van der Waals surface area contributed by atoms with Crippen LogP contribution in [0.3, 0.4) is 0 Å². The minimum atomic E-state index is -0.181. The van der Waals surface area contributed by atoms with Gasteiger partial charge in [0.05, 0.1) is 0 Å². The molecule has 88 valence electrons. The van der Waals surface area contributed by atoms with Gasteiger partial charge in [0.1, 0.15) is 6.61 Å². The Balaban J connectivity index is 1.97. The van der Waals surface area contributed by atoms with Crippen molar-refractivity contribution in [2.24, 2.45) is 0 Å². The van der Waals surface area contributed by atoms with Gasteiger partial charge in [-0.25, -0.2) is 4.79 Å².